The van der Waals surface area contributed by atoms with E-state index in [4.69, 9.17) is 11.6 Å². The van der Waals surface area contributed by atoms with Gasteiger partial charge in [0.2, 0.25) is 0 Å². The van der Waals surface area contributed by atoms with Crippen molar-refractivity contribution in [2.75, 3.05) is 10.0 Å². The second-order valence-electron chi connectivity index (χ2n) is 6.47. The minimum Gasteiger partial charge on any atom is -0.322 e. The monoisotopic (exact) mass is 457 g/mol. The van der Waals surface area contributed by atoms with Crippen LogP contribution in [0.25, 0.3) is 10.2 Å². The van der Waals surface area contributed by atoms with E-state index in [0.29, 0.717) is 10.7 Å². The summed E-state index contributed by atoms with van der Waals surface area (Å²) in [5.41, 5.74) is 1.75. The lowest BCUT2D eigenvalue weighted by Gasteiger charge is -2.13. The summed E-state index contributed by atoms with van der Waals surface area (Å²) >= 11 is 7.41. The first-order valence-electron chi connectivity index (χ1n) is 8.88. The third-order valence-electron chi connectivity index (χ3n) is 4.29. The molecule has 0 radical (unpaired) electrons. The molecule has 0 unspecified atom stereocenters. The molecule has 0 saturated heterocycles. The number of aryl methyl sites for hydroxylation is 1. The molecule has 6 nitrogen and oxygen atoms in total. The highest BCUT2D eigenvalue weighted by atomic mass is 35.5. The Bertz CT molecular complexity index is 1350. The van der Waals surface area contributed by atoms with E-state index in [1.807, 2.05) is 13.0 Å². The maximum Gasteiger partial charge on any atom is 0.261 e. The van der Waals surface area contributed by atoms with E-state index >= 15 is 0 Å². The van der Waals surface area contributed by atoms with Crippen LogP contribution in [0.4, 0.5) is 11.4 Å². The van der Waals surface area contributed by atoms with Gasteiger partial charge in [-0.15, -0.1) is 11.3 Å². The van der Waals surface area contributed by atoms with Gasteiger partial charge in [0.1, 0.15) is 0 Å². The standard InChI is InChI=1S/C21H16ClN3O3S2/c1-13-23-19-12-15(8-11-20(19)29-13)24-21(26)17-4-2-3-5-18(17)25-30(27,28)16-9-6-14(22)7-10-16/h2-12,25H,1H3,(H,24,26). The summed E-state index contributed by atoms with van der Waals surface area (Å²) in [7, 11) is -3.88. The third kappa shape index (κ3) is 4.30. The molecule has 2 N–H and O–H groups in total. The molecule has 0 bridgehead atoms. The largest absolute Gasteiger partial charge is 0.322 e. The van der Waals surface area contributed by atoms with Crippen LogP contribution >= 0.6 is 22.9 Å². The number of halogens is 1. The van der Waals surface area contributed by atoms with E-state index < -0.39 is 15.9 Å². The normalized spacial score (nSPS) is 11.4. The Balaban J connectivity index is 1.60. The number of para-hydroxylation sites is 1. The van der Waals surface area contributed by atoms with E-state index in [0.717, 1.165) is 15.2 Å². The molecule has 152 valence electrons. The maximum atomic E-state index is 12.9. The fourth-order valence-electron chi connectivity index (χ4n) is 2.91. The van der Waals surface area contributed by atoms with Crippen LogP contribution in [-0.4, -0.2) is 19.3 Å². The molecule has 1 amide bonds. The SMILES string of the molecule is Cc1nc2cc(NC(=O)c3ccccc3NS(=O)(=O)c3ccc(Cl)cc3)ccc2s1. The van der Waals surface area contributed by atoms with Gasteiger partial charge in [-0.05, 0) is 61.5 Å². The number of carbonyl (C=O) groups excluding carboxylic acids is 1. The number of benzene rings is 3. The van der Waals surface area contributed by atoms with E-state index in [-0.39, 0.29) is 16.1 Å². The van der Waals surface area contributed by atoms with Crippen molar-refractivity contribution < 1.29 is 13.2 Å². The summed E-state index contributed by atoms with van der Waals surface area (Å²) in [5, 5.41) is 4.18. The molecule has 0 aliphatic heterocycles. The first kappa shape index (κ1) is 20.3. The number of amides is 1. The van der Waals surface area contributed by atoms with Crippen LogP contribution in [0.15, 0.2) is 71.6 Å². The summed E-state index contributed by atoms with van der Waals surface area (Å²) in [6, 6.07) is 17.7. The van der Waals surface area contributed by atoms with Crippen LogP contribution in [0.1, 0.15) is 15.4 Å². The molecule has 0 spiro atoms. The van der Waals surface area contributed by atoms with Gasteiger partial charge in [0, 0.05) is 10.7 Å². The van der Waals surface area contributed by atoms with E-state index in [9.17, 15) is 13.2 Å². The van der Waals surface area contributed by atoms with Crippen LogP contribution in [0, 0.1) is 6.92 Å². The minimum absolute atomic E-state index is 0.0477. The number of thiazole rings is 1. The third-order valence-corrected chi connectivity index (χ3v) is 6.88. The van der Waals surface area contributed by atoms with Crippen LogP contribution in [0.2, 0.25) is 5.02 Å². The summed E-state index contributed by atoms with van der Waals surface area (Å²) in [5.74, 6) is -0.435. The van der Waals surface area contributed by atoms with Crippen molar-refractivity contribution in [1.29, 1.82) is 0 Å². The van der Waals surface area contributed by atoms with Gasteiger partial charge in [-0.1, -0.05) is 23.7 Å². The van der Waals surface area contributed by atoms with Crippen molar-refractivity contribution in [2.45, 2.75) is 11.8 Å². The highest BCUT2D eigenvalue weighted by Crippen LogP contribution is 2.26. The van der Waals surface area contributed by atoms with Crippen LogP contribution < -0.4 is 10.0 Å². The van der Waals surface area contributed by atoms with Crippen molar-refractivity contribution in [3.8, 4) is 0 Å². The molecule has 3 aromatic carbocycles. The molecule has 0 aliphatic rings. The number of carbonyl (C=O) groups is 1. The van der Waals surface area contributed by atoms with Gasteiger partial charge >= 0.3 is 0 Å². The predicted octanol–water partition coefficient (Wildman–Crippen LogP) is 5.31. The van der Waals surface area contributed by atoms with Gasteiger partial charge in [-0.2, -0.15) is 0 Å². The average molecular weight is 458 g/mol. The quantitative estimate of drug-likeness (QED) is 0.425. The number of rotatable bonds is 5. The van der Waals surface area contributed by atoms with Crippen molar-refractivity contribution in [3.05, 3.63) is 82.3 Å². The lowest BCUT2D eigenvalue weighted by Crippen LogP contribution is -2.18. The summed E-state index contributed by atoms with van der Waals surface area (Å²) in [6.07, 6.45) is 0. The van der Waals surface area contributed by atoms with E-state index in [1.165, 1.54) is 30.3 Å². The van der Waals surface area contributed by atoms with Gasteiger partial charge in [0.05, 0.1) is 31.4 Å². The molecule has 1 aromatic heterocycles. The van der Waals surface area contributed by atoms with Crippen molar-refractivity contribution in [2.24, 2.45) is 0 Å². The first-order valence-corrected chi connectivity index (χ1v) is 11.6. The first-order chi connectivity index (χ1) is 14.3. The van der Waals surface area contributed by atoms with E-state index in [2.05, 4.69) is 15.0 Å². The zero-order valence-electron chi connectivity index (χ0n) is 15.7. The fraction of sp³-hybridized carbons (Fsp3) is 0.0476. The molecule has 4 aromatic rings. The zero-order valence-corrected chi connectivity index (χ0v) is 18.1. The Morgan fingerprint density at radius 3 is 2.53 bits per heavy atom. The predicted molar refractivity (Wildman–Crippen MR) is 121 cm³/mol. The summed E-state index contributed by atoms with van der Waals surface area (Å²) in [6.45, 7) is 1.92. The minimum atomic E-state index is -3.88. The Hall–Kier alpha value is -2.94. The Morgan fingerprint density at radius 2 is 1.77 bits per heavy atom. The highest BCUT2D eigenvalue weighted by molar-refractivity contribution is 7.92. The topological polar surface area (TPSA) is 88.2 Å². The van der Waals surface area contributed by atoms with Crippen LogP contribution in [0.5, 0.6) is 0 Å². The van der Waals surface area contributed by atoms with Gasteiger partial charge in [0.25, 0.3) is 15.9 Å². The fourth-order valence-corrected chi connectivity index (χ4v) is 4.92. The number of fused-ring (bicyclic) bond motifs is 1. The van der Waals surface area contributed by atoms with Gasteiger partial charge in [0.15, 0.2) is 0 Å². The molecular weight excluding hydrogens is 442 g/mol. The summed E-state index contributed by atoms with van der Waals surface area (Å²) < 4.78 is 28.9. The van der Waals surface area contributed by atoms with Gasteiger partial charge in [-0.3, -0.25) is 9.52 Å². The molecule has 30 heavy (non-hydrogen) atoms. The van der Waals surface area contributed by atoms with Crippen molar-refractivity contribution in [1.82, 2.24) is 4.98 Å². The van der Waals surface area contributed by atoms with Crippen LogP contribution in [0.3, 0.4) is 0 Å². The molecule has 0 fully saturated rings. The number of nitrogens with one attached hydrogen (secondary N) is 2. The lowest BCUT2D eigenvalue weighted by molar-refractivity contribution is 0.102. The lowest BCUT2D eigenvalue weighted by atomic mass is 10.1. The van der Waals surface area contributed by atoms with E-state index in [1.54, 1.807) is 41.7 Å². The molecule has 1 heterocycles. The smallest absolute Gasteiger partial charge is 0.261 e. The molecule has 0 aliphatic carbocycles. The second kappa shape index (κ2) is 8.06. The van der Waals surface area contributed by atoms with Crippen molar-refractivity contribution >= 4 is 60.5 Å². The number of sulfonamides is 1. The van der Waals surface area contributed by atoms with Crippen molar-refractivity contribution in [3.63, 3.8) is 0 Å². The molecule has 4 rings (SSSR count). The number of anilines is 2. The summed E-state index contributed by atoms with van der Waals surface area (Å²) in [4.78, 5) is 17.3. The Kier molecular flexibility index (Phi) is 5.46. The average Bonchev–Trinajstić information content (AvgIpc) is 3.07. The van der Waals surface area contributed by atoms with Gasteiger partial charge in [-0.25, -0.2) is 13.4 Å². The Morgan fingerprint density at radius 1 is 1.03 bits per heavy atom. The number of aromatic nitrogens is 1. The second-order valence-corrected chi connectivity index (χ2v) is 9.83. The van der Waals surface area contributed by atoms with Crippen LogP contribution in [-0.2, 0) is 10.0 Å². The number of nitrogens with zero attached hydrogens (tertiary/aromatic N) is 1. The number of hydrogen-bond acceptors (Lipinski definition) is 5. The zero-order chi connectivity index (χ0) is 21.3. The molecular formula is C21H16ClN3O3S2. The van der Waals surface area contributed by atoms with Gasteiger partial charge < -0.3 is 5.32 Å². The highest BCUT2D eigenvalue weighted by Gasteiger charge is 2.19. The Labute approximate surface area is 182 Å². The molecule has 0 saturated carbocycles. The molecule has 0 atom stereocenters. The molecule has 9 heteroatoms. The number of hydrogen-bond donors (Lipinski definition) is 2. The maximum absolute atomic E-state index is 12.9.